The molecule has 1 fully saturated rings. The van der Waals surface area contributed by atoms with E-state index in [1.54, 1.807) is 24.3 Å². The summed E-state index contributed by atoms with van der Waals surface area (Å²) >= 11 is 0. The second-order valence-corrected chi connectivity index (χ2v) is 5.77. The van der Waals surface area contributed by atoms with E-state index in [1.807, 2.05) is 0 Å². The predicted molar refractivity (Wildman–Crippen MR) is 77.1 cm³/mol. The molecule has 0 saturated heterocycles. The lowest BCUT2D eigenvalue weighted by Gasteiger charge is -2.23. The van der Waals surface area contributed by atoms with Crippen molar-refractivity contribution in [3.05, 3.63) is 35.7 Å². The average molecular weight is 286 g/mol. The topological polar surface area (TPSA) is 76.2 Å². The summed E-state index contributed by atoms with van der Waals surface area (Å²) in [6, 6.07) is 6.70. The highest BCUT2D eigenvalue weighted by atomic mass is 16.5. The summed E-state index contributed by atoms with van der Waals surface area (Å²) in [5, 5.41) is 13.3. The third-order valence-electron chi connectivity index (χ3n) is 4.21. The van der Waals surface area contributed by atoms with Gasteiger partial charge in [-0.05, 0) is 30.9 Å². The van der Waals surface area contributed by atoms with Crippen LogP contribution in [0.15, 0.2) is 28.8 Å². The molecule has 3 rings (SSSR count). The van der Waals surface area contributed by atoms with Crippen molar-refractivity contribution in [2.24, 2.45) is 5.92 Å². The molecule has 0 unspecified atom stereocenters. The molecular formula is C16H18N2O3. The van der Waals surface area contributed by atoms with E-state index in [-0.39, 0.29) is 5.56 Å². The molecule has 2 aromatic rings. The fourth-order valence-corrected chi connectivity index (χ4v) is 2.88. The van der Waals surface area contributed by atoms with Crippen LogP contribution in [0.1, 0.15) is 54.7 Å². The minimum atomic E-state index is -0.989. The molecule has 0 atom stereocenters. The number of nitrogens with zero attached hydrogens (tertiary/aromatic N) is 2. The van der Waals surface area contributed by atoms with Gasteiger partial charge in [0, 0.05) is 5.92 Å². The van der Waals surface area contributed by atoms with Gasteiger partial charge in [-0.15, -0.1) is 0 Å². The molecule has 0 bridgehead atoms. The molecule has 5 nitrogen and oxygen atoms in total. The van der Waals surface area contributed by atoms with Gasteiger partial charge in [-0.1, -0.05) is 37.1 Å². The van der Waals surface area contributed by atoms with Crippen LogP contribution < -0.4 is 0 Å². The van der Waals surface area contributed by atoms with Gasteiger partial charge in [-0.25, -0.2) is 4.79 Å². The van der Waals surface area contributed by atoms with Gasteiger partial charge in [-0.2, -0.15) is 4.98 Å². The summed E-state index contributed by atoms with van der Waals surface area (Å²) < 4.78 is 5.30. The SMILES string of the molecule is CC1CCC(c2noc(-c3ccccc3C(=O)O)n2)CC1. The molecule has 1 N–H and O–H groups in total. The Kier molecular flexibility index (Phi) is 3.73. The van der Waals surface area contributed by atoms with E-state index in [9.17, 15) is 9.90 Å². The highest BCUT2D eigenvalue weighted by molar-refractivity contribution is 5.94. The fourth-order valence-electron chi connectivity index (χ4n) is 2.88. The summed E-state index contributed by atoms with van der Waals surface area (Å²) in [6.45, 7) is 2.26. The lowest BCUT2D eigenvalue weighted by molar-refractivity contribution is 0.0697. The van der Waals surface area contributed by atoms with Gasteiger partial charge < -0.3 is 9.63 Å². The Labute approximate surface area is 123 Å². The number of rotatable bonds is 3. The monoisotopic (exact) mass is 286 g/mol. The van der Waals surface area contributed by atoms with Gasteiger partial charge >= 0.3 is 5.97 Å². The van der Waals surface area contributed by atoms with Gasteiger partial charge in [0.1, 0.15) is 0 Å². The highest BCUT2D eigenvalue weighted by Crippen LogP contribution is 2.35. The van der Waals surface area contributed by atoms with Crippen molar-refractivity contribution in [1.82, 2.24) is 10.1 Å². The predicted octanol–water partition coefficient (Wildman–Crippen LogP) is 3.73. The van der Waals surface area contributed by atoms with Crippen LogP contribution in [0.2, 0.25) is 0 Å². The van der Waals surface area contributed by atoms with E-state index in [2.05, 4.69) is 17.1 Å². The Balaban J connectivity index is 1.87. The zero-order valence-corrected chi connectivity index (χ0v) is 12.0. The first-order chi connectivity index (χ1) is 10.1. The molecule has 5 heteroatoms. The number of hydrogen-bond acceptors (Lipinski definition) is 4. The van der Waals surface area contributed by atoms with E-state index >= 15 is 0 Å². The van der Waals surface area contributed by atoms with Gasteiger partial charge in [0.05, 0.1) is 11.1 Å². The Bertz CT molecular complexity index is 642. The molecule has 0 aliphatic heterocycles. The first kappa shape index (κ1) is 13.8. The van der Waals surface area contributed by atoms with Crippen LogP contribution in [-0.4, -0.2) is 21.2 Å². The van der Waals surface area contributed by atoms with E-state index in [1.165, 1.54) is 12.8 Å². The van der Waals surface area contributed by atoms with Gasteiger partial charge in [0.15, 0.2) is 5.82 Å². The number of aromatic carboxylic acids is 1. The number of carboxylic acid groups (broad SMARTS) is 1. The Morgan fingerprint density at radius 1 is 1.24 bits per heavy atom. The lowest BCUT2D eigenvalue weighted by Crippen LogP contribution is -2.11. The average Bonchev–Trinajstić information content (AvgIpc) is 2.97. The quantitative estimate of drug-likeness (QED) is 0.930. The molecule has 1 heterocycles. The second kappa shape index (κ2) is 5.68. The summed E-state index contributed by atoms with van der Waals surface area (Å²) in [6.07, 6.45) is 4.50. The maximum atomic E-state index is 11.2. The number of benzene rings is 1. The number of aromatic nitrogens is 2. The van der Waals surface area contributed by atoms with E-state index in [0.29, 0.717) is 23.2 Å². The number of carbonyl (C=O) groups is 1. The van der Waals surface area contributed by atoms with Gasteiger partial charge in [0.25, 0.3) is 5.89 Å². The fraction of sp³-hybridized carbons (Fsp3) is 0.438. The van der Waals surface area contributed by atoms with Crippen molar-refractivity contribution in [1.29, 1.82) is 0 Å². The smallest absolute Gasteiger partial charge is 0.336 e. The zero-order valence-electron chi connectivity index (χ0n) is 12.0. The summed E-state index contributed by atoms with van der Waals surface area (Å²) in [4.78, 5) is 15.7. The van der Waals surface area contributed by atoms with Crippen LogP contribution in [0, 0.1) is 5.92 Å². The molecule has 110 valence electrons. The summed E-state index contributed by atoms with van der Waals surface area (Å²) in [5.74, 6) is 1.10. The van der Waals surface area contributed by atoms with Crippen LogP contribution in [0.5, 0.6) is 0 Å². The first-order valence-corrected chi connectivity index (χ1v) is 7.31. The minimum Gasteiger partial charge on any atom is -0.478 e. The van der Waals surface area contributed by atoms with Gasteiger partial charge in [0.2, 0.25) is 0 Å². The van der Waals surface area contributed by atoms with Crippen LogP contribution in [-0.2, 0) is 0 Å². The third kappa shape index (κ3) is 2.82. The molecule has 21 heavy (non-hydrogen) atoms. The largest absolute Gasteiger partial charge is 0.478 e. The van der Waals surface area contributed by atoms with Crippen LogP contribution in [0.25, 0.3) is 11.5 Å². The normalized spacial score (nSPS) is 22.1. The molecule has 0 spiro atoms. The molecule has 0 amide bonds. The lowest BCUT2D eigenvalue weighted by atomic mass is 9.83. The first-order valence-electron chi connectivity index (χ1n) is 7.31. The van der Waals surface area contributed by atoms with Crippen LogP contribution in [0.3, 0.4) is 0 Å². The number of hydrogen-bond donors (Lipinski definition) is 1. The minimum absolute atomic E-state index is 0.185. The van der Waals surface area contributed by atoms with Crippen molar-refractivity contribution in [3.63, 3.8) is 0 Å². The Morgan fingerprint density at radius 2 is 1.95 bits per heavy atom. The van der Waals surface area contributed by atoms with Crippen molar-refractivity contribution < 1.29 is 14.4 Å². The van der Waals surface area contributed by atoms with Gasteiger partial charge in [-0.3, -0.25) is 0 Å². The molecule has 1 aromatic heterocycles. The maximum Gasteiger partial charge on any atom is 0.336 e. The molecule has 1 aliphatic carbocycles. The van der Waals surface area contributed by atoms with E-state index < -0.39 is 5.97 Å². The second-order valence-electron chi connectivity index (χ2n) is 5.77. The van der Waals surface area contributed by atoms with Crippen molar-refractivity contribution in [2.75, 3.05) is 0 Å². The molecule has 1 aromatic carbocycles. The maximum absolute atomic E-state index is 11.2. The molecular weight excluding hydrogens is 268 g/mol. The number of carboxylic acids is 1. The van der Waals surface area contributed by atoms with E-state index in [4.69, 9.17) is 4.52 Å². The summed E-state index contributed by atoms with van der Waals surface area (Å²) in [5.41, 5.74) is 0.665. The Hall–Kier alpha value is -2.17. The molecule has 1 aliphatic rings. The van der Waals surface area contributed by atoms with E-state index in [0.717, 1.165) is 18.8 Å². The van der Waals surface area contributed by atoms with Crippen LogP contribution >= 0.6 is 0 Å². The van der Waals surface area contributed by atoms with Crippen LogP contribution in [0.4, 0.5) is 0 Å². The van der Waals surface area contributed by atoms with Crippen molar-refractivity contribution in [2.45, 2.75) is 38.5 Å². The van der Waals surface area contributed by atoms with Crippen molar-refractivity contribution >= 4 is 5.97 Å². The third-order valence-corrected chi connectivity index (χ3v) is 4.21. The molecule has 1 saturated carbocycles. The van der Waals surface area contributed by atoms with Crippen molar-refractivity contribution in [3.8, 4) is 11.5 Å². The summed E-state index contributed by atoms with van der Waals surface area (Å²) in [7, 11) is 0. The Morgan fingerprint density at radius 3 is 2.67 bits per heavy atom. The standard InChI is InChI=1S/C16H18N2O3/c1-10-6-8-11(9-7-10)14-17-15(21-18-14)12-4-2-3-5-13(12)16(19)20/h2-5,10-11H,6-9H2,1H3,(H,19,20). The highest BCUT2D eigenvalue weighted by Gasteiger charge is 2.25. The zero-order chi connectivity index (χ0) is 14.8. The molecule has 0 radical (unpaired) electrons.